The first-order valence-corrected chi connectivity index (χ1v) is 10.5. The van der Waals surface area contributed by atoms with Gasteiger partial charge in [0.05, 0.1) is 25.8 Å². The molecule has 4 fully saturated rings. The van der Waals surface area contributed by atoms with Crippen LogP contribution < -0.4 is 4.74 Å². The number of amides is 1. The molecule has 5 heteroatoms. The Morgan fingerprint density at radius 2 is 1.89 bits per heavy atom. The van der Waals surface area contributed by atoms with Crippen LogP contribution in [0.25, 0.3) is 0 Å². The van der Waals surface area contributed by atoms with Gasteiger partial charge >= 0.3 is 0 Å². The van der Waals surface area contributed by atoms with E-state index in [2.05, 4.69) is 34.9 Å². The monoisotopic (exact) mass is 370 g/mol. The number of benzene rings is 1. The summed E-state index contributed by atoms with van der Waals surface area (Å²) in [5.41, 5.74) is 0.986. The van der Waals surface area contributed by atoms with Gasteiger partial charge in [-0.2, -0.15) is 0 Å². The van der Waals surface area contributed by atoms with Crippen molar-refractivity contribution < 1.29 is 14.3 Å². The number of rotatable bonds is 4. The minimum absolute atomic E-state index is 0.217. The van der Waals surface area contributed by atoms with E-state index in [0.29, 0.717) is 30.8 Å². The SMILES string of the molecule is COc1ccccc1C1CCN([C@@H]2CC(=O)N3[C@@H](C)CO[C@]23C2CC2)CC1. The van der Waals surface area contributed by atoms with Crippen LogP contribution in [0.15, 0.2) is 24.3 Å². The number of methoxy groups -OCH3 is 1. The maximum atomic E-state index is 12.8. The Bertz CT molecular complexity index is 726. The third-order valence-electron chi connectivity index (χ3n) is 7.20. The average Bonchev–Trinajstić information content (AvgIpc) is 3.44. The first-order valence-electron chi connectivity index (χ1n) is 10.5. The quantitative estimate of drug-likeness (QED) is 0.817. The number of piperidine rings is 1. The first-order chi connectivity index (χ1) is 13.1. The molecule has 3 atom stereocenters. The number of carbonyl (C=O) groups excluding carboxylic acids is 1. The molecule has 27 heavy (non-hydrogen) atoms. The molecule has 3 saturated heterocycles. The van der Waals surface area contributed by atoms with Crippen molar-refractivity contribution in [2.45, 2.75) is 62.8 Å². The summed E-state index contributed by atoms with van der Waals surface area (Å²) in [7, 11) is 1.75. The van der Waals surface area contributed by atoms with Gasteiger partial charge in [-0.25, -0.2) is 0 Å². The molecule has 0 aromatic heterocycles. The molecule has 4 aliphatic rings. The fourth-order valence-corrected chi connectivity index (χ4v) is 5.85. The number of carbonyl (C=O) groups is 1. The van der Waals surface area contributed by atoms with Crippen molar-refractivity contribution in [1.82, 2.24) is 9.80 Å². The molecule has 1 saturated carbocycles. The van der Waals surface area contributed by atoms with Gasteiger partial charge in [-0.1, -0.05) is 18.2 Å². The summed E-state index contributed by atoms with van der Waals surface area (Å²) < 4.78 is 12.0. The topological polar surface area (TPSA) is 42.0 Å². The van der Waals surface area contributed by atoms with E-state index in [0.717, 1.165) is 31.7 Å². The summed E-state index contributed by atoms with van der Waals surface area (Å²) in [6, 6.07) is 8.84. The lowest BCUT2D eigenvalue weighted by Crippen LogP contribution is -2.58. The van der Waals surface area contributed by atoms with Crippen LogP contribution in [0.4, 0.5) is 0 Å². The van der Waals surface area contributed by atoms with Gasteiger partial charge in [-0.15, -0.1) is 0 Å². The zero-order chi connectivity index (χ0) is 18.6. The Hall–Kier alpha value is -1.59. The van der Waals surface area contributed by atoms with E-state index < -0.39 is 0 Å². The molecule has 1 aliphatic carbocycles. The second-order valence-corrected chi connectivity index (χ2v) is 8.72. The van der Waals surface area contributed by atoms with Crippen LogP contribution in [0.3, 0.4) is 0 Å². The van der Waals surface area contributed by atoms with Gasteiger partial charge in [0.2, 0.25) is 5.91 Å². The van der Waals surface area contributed by atoms with Crippen LogP contribution in [0, 0.1) is 5.92 Å². The molecular formula is C22H30N2O3. The second-order valence-electron chi connectivity index (χ2n) is 8.72. The van der Waals surface area contributed by atoms with E-state index in [-0.39, 0.29) is 17.8 Å². The van der Waals surface area contributed by atoms with Gasteiger partial charge in [0.1, 0.15) is 5.75 Å². The van der Waals surface area contributed by atoms with E-state index in [1.165, 1.54) is 18.4 Å². The summed E-state index contributed by atoms with van der Waals surface area (Å²) in [4.78, 5) is 17.5. The predicted molar refractivity (Wildman–Crippen MR) is 103 cm³/mol. The van der Waals surface area contributed by atoms with Crippen molar-refractivity contribution in [3.05, 3.63) is 29.8 Å². The lowest BCUT2D eigenvalue weighted by Gasteiger charge is -2.44. The molecule has 0 unspecified atom stereocenters. The minimum atomic E-state index is -0.340. The fraction of sp³-hybridized carbons (Fsp3) is 0.682. The molecule has 5 nitrogen and oxygen atoms in total. The number of ether oxygens (including phenoxy) is 2. The summed E-state index contributed by atoms with van der Waals surface area (Å²) in [5.74, 6) is 2.36. The van der Waals surface area contributed by atoms with Crippen molar-refractivity contribution in [2.75, 3.05) is 26.8 Å². The van der Waals surface area contributed by atoms with Crippen LogP contribution in [0.2, 0.25) is 0 Å². The van der Waals surface area contributed by atoms with Crippen LogP contribution >= 0.6 is 0 Å². The molecule has 1 aromatic carbocycles. The van der Waals surface area contributed by atoms with Crippen LogP contribution in [0.5, 0.6) is 5.75 Å². The van der Waals surface area contributed by atoms with Gasteiger partial charge in [0.25, 0.3) is 0 Å². The molecule has 1 aromatic rings. The molecule has 0 radical (unpaired) electrons. The summed E-state index contributed by atoms with van der Waals surface area (Å²) in [6.45, 7) is 4.89. The van der Waals surface area contributed by atoms with E-state index in [9.17, 15) is 4.79 Å². The fourth-order valence-electron chi connectivity index (χ4n) is 5.85. The zero-order valence-electron chi connectivity index (χ0n) is 16.4. The maximum absolute atomic E-state index is 12.8. The van der Waals surface area contributed by atoms with Crippen LogP contribution in [0.1, 0.15) is 50.5 Å². The Kier molecular flexibility index (Phi) is 4.21. The highest BCUT2D eigenvalue weighted by atomic mass is 16.5. The number of para-hydroxylation sites is 1. The zero-order valence-corrected chi connectivity index (χ0v) is 16.4. The second kappa shape index (κ2) is 6.49. The van der Waals surface area contributed by atoms with Crippen LogP contribution in [-0.4, -0.2) is 60.3 Å². The predicted octanol–water partition coefficient (Wildman–Crippen LogP) is 3.00. The van der Waals surface area contributed by atoms with E-state index in [1.807, 2.05) is 6.07 Å². The smallest absolute Gasteiger partial charge is 0.226 e. The van der Waals surface area contributed by atoms with Gasteiger partial charge in [-0.3, -0.25) is 9.69 Å². The van der Waals surface area contributed by atoms with E-state index >= 15 is 0 Å². The van der Waals surface area contributed by atoms with Crippen molar-refractivity contribution >= 4 is 5.91 Å². The highest BCUT2D eigenvalue weighted by molar-refractivity contribution is 5.81. The Balaban J connectivity index is 1.34. The molecule has 0 N–H and O–H groups in total. The van der Waals surface area contributed by atoms with Gasteiger partial charge in [0, 0.05) is 12.3 Å². The largest absolute Gasteiger partial charge is 0.496 e. The van der Waals surface area contributed by atoms with Crippen molar-refractivity contribution in [3.63, 3.8) is 0 Å². The molecular weight excluding hydrogens is 340 g/mol. The standard InChI is InChI=1S/C22H30N2O3/c1-15-14-27-22(17-7-8-17)20(13-21(25)24(15)22)23-11-9-16(10-12-23)18-5-3-4-6-19(18)26-2/h3-6,15-17,20H,7-14H2,1-2H3/t15-,20+,22+/m0/s1. The lowest BCUT2D eigenvalue weighted by molar-refractivity contribution is -0.149. The molecule has 0 bridgehead atoms. The Morgan fingerprint density at radius 3 is 2.59 bits per heavy atom. The van der Waals surface area contributed by atoms with Gasteiger partial charge in [-0.05, 0) is 63.2 Å². The number of nitrogens with zero attached hydrogens (tertiary/aromatic N) is 2. The third-order valence-corrected chi connectivity index (χ3v) is 7.20. The summed E-state index contributed by atoms with van der Waals surface area (Å²) in [6.07, 6.45) is 5.25. The number of likely N-dealkylation sites (tertiary alicyclic amines) is 1. The number of hydrogen-bond donors (Lipinski definition) is 0. The highest BCUT2D eigenvalue weighted by Gasteiger charge is 2.66. The Morgan fingerprint density at radius 1 is 1.15 bits per heavy atom. The minimum Gasteiger partial charge on any atom is -0.496 e. The number of fused-ring (bicyclic) bond motifs is 1. The third kappa shape index (κ3) is 2.62. The van der Waals surface area contributed by atoms with Gasteiger partial charge < -0.3 is 14.4 Å². The molecule has 0 spiro atoms. The maximum Gasteiger partial charge on any atom is 0.226 e. The molecule has 1 amide bonds. The van der Waals surface area contributed by atoms with Crippen molar-refractivity contribution in [1.29, 1.82) is 0 Å². The normalized spacial score (nSPS) is 34.9. The number of hydrogen-bond acceptors (Lipinski definition) is 4. The highest BCUT2D eigenvalue weighted by Crippen LogP contribution is 2.55. The molecule has 3 heterocycles. The lowest BCUT2D eigenvalue weighted by atomic mass is 9.86. The van der Waals surface area contributed by atoms with E-state index in [1.54, 1.807) is 7.11 Å². The first kappa shape index (κ1) is 17.5. The van der Waals surface area contributed by atoms with Crippen molar-refractivity contribution in [3.8, 4) is 5.75 Å². The Labute approximate surface area is 161 Å². The van der Waals surface area contributed by atoms with Crippen molar-refractivity contribution in [2.24, 2.45) is 5.92 Å². The molecule has 5 rings (SSSR count). The molecule has 146 valence electrons. The van der Waals surface area contributed by atoms with E-state index in [4.69, 9.17) is 9.47 Å². The summed E-state index contributed by atoms with van der Waals surface area (Å²) >= 11 is 0. The molecule has 3 aliphatic heterocycles. The van der Waals surface area contributed by atoms with Gasteiger partial charge in [0.15, 0.2) is 5.72 Å². The van der Waals surface area contributed by atoms with Crippen LogP contribution in [-0.2, 0) is 9.53 Å². The summed E-state index contributed by atoms with van der Waals surface area (Å²) in [5, 5.41) is 0. The average molecular weight is 370 g/mol.